The molecule has 0 radical (unpaired) electrons. The average Bonchev–Trinajstić information content (AvgIpc) is 2.75. The summed E-state index contributed by atoms with van der Waals surface area (Å²) in [5.74, 6) is 0. The molecule has 3 rings (SSSR count). The van der Waals surface area contributed by atoms with Gasteiger partial charge in [0.1, 0.15) is 0 Å². The maximum atomic E-state index is 13.3. The molecule has 5 heteroatoms. The van der Waals surface area contributed by atoms with E-state index in [9.17, 15) is 4.79 Å². The van der Waals surface area contributed by atoms with Crippen molar-refractivity contribution in [3.8, 4) is 0 Å². The minimum absolute atomic E-state index is 0.0790. The Kier molecular flexibility index (Phi) is 8.17. The Bertz CT molecular complexity index is 818. The lowest BCUT2D eigenvalue weighted by Crippen LogP contribution is -2.50. The highest BCUT2D eigenvalue weighted by Gasteiger charge is 2.29. The fraction of sp³-hybridized carbons (Fsp3) is 0.480. The number of hydrogen-bond donors (Lipinski definition) is 1. The van der Waals surface area contributed by atoms with Crippen LogP contribution in [-0.2, 0) is 6.54 Å². The number of carbonyl (C=O) groups excluding carboxylic acids is 1. The quantitative estimate of drug-likeness (QED) is 0.559. The van der Waals surface area contributed by atoms with Gasteiger partial charge >= 0.3 is 6.03 Å². The van der Waals surface area contributed by atoms with Crippen LogP contribution in [0.1, 0.15) is 50.7 Å². The Hall–Kier alpha value is -2.04. The Morgan fingerprint density at radius 1 is 1.20 bits per heavy atom. The number of amides is 2. The molecule has 30 heavy (non-hydrogen) atoms. The average molecular weight is 428 g/mol. The molecule has 2 aromatic rings. The molecule has 0 saturated carbocycles. The van der Waals surface area contributed by atoms with Crippen LogP contribution in [0.15, 0.2) is 48.5 Å². The first kappa shape index (κ1) is 22.6. The molecule has 0 aromatic heterocycles. The Labute approximate surface area is 186 Å². The van der Waals surface area contributed by atoms with Crippen molar-refractivity contribution >= 4 is 23.3 Å². The first-order chi connectivity index (χ1) is 14.5. The number of nitrogens with zero attached hydrogens (tertiary/aromatic N) is 2. The van der Waals surface area contributed by atoms with Crippen molar-refractivity contribution in [2.24, 2.45) is 0 Å². The predicted molar refractivity (Wildman–Crippen MR) is 126 cm³/mol. The van der Waals surface area contributed by atoms with Crippen LogP contribution in [0.25, 0.3) is 0 Å². The number of benzene rings is 2. The van der Waals surface area contributed by atoms with E-state index >= 15 is 0 Å². The highest BCUT2D eigenvalue weighted by Crippen LogP contribution is 2.26. The maximum absolute atomic E-state index is 13.3. The lowest BCUT2D eigenvalue weighted by molar-refractivity contribution is 0.0989. The first-order valence-electron chi connectivity index (χ1n) is 11.1. The molecule has 1 unspecified atom stereocenters. The number of anilines is 1. The first-order valence-corrected chi connectivity index (χ1v) is 11.5. The number of urea groups is 1. The summed E-state index contributed by atoms with van der Waals surface area (Å²) in [4.78, 5) is 17.9. The zero-order chi connectivity index (χ0) is 21.5. The van der Waals surface area contributed by atoms with Crippen molar-refractivity contribution < 1.29 is 4.79 Å². The second kappa shape index (κ2) is 10.8. The number of hydrogen-bond acceptors (Lipinski definition) is 2. The largest absolute Gasteiger partial charge is 0.322 e. The van der Waals surface area contributed by atoms with Crippen LogP contribution in [0.4, 0.5) is 10.5 Å². The van der Waals surface area contributed by atoms with E-state index < -0.39 is 0 Å². The molecule has 0 aliphatic carbocycles. The van der Waals surface area contributed by atoms with Gasteiger partial charge in [0.2, 0.25) is 0 Å². The van der Waals surface area contributed by atoms with E-state index in [0.29, 0.717) is 23.3 Å². The molecule has 1 N–H and O–H groups in total. The SMILES string of the molecule is CCCC(C)N1CCC(N(Cc2ccccc2)C(=O)Nc2ccc(C)cc2Cl)CC1. The summed E-state index contributed by atoms with van der Waals surface area (Å²) in [5.41, 5.74) is 2.89. The highest BCUT2D eigenvalue weighted by molar-refractivity contribution is 6.33. The van der Waals surface area contributed by atoms with Crippen molar-refractivity contribution in [2.75, 3.05) is 18.4 Å². The molecule has 0 spiro atoms. The smallest absolute Gasteiger partial charge is 0.317 e. The Morgan fingerprint density at radius 2 is 1.90 bits per heavy atom. The van der Waals surface area contributed by atoms with Gasteiger partial charge in [0.05, 0.1) is 10.7 Å². The van der Waals surface area contributed by atoms with E-state index in [1.807, 2.05) is 48.2 Å². The highest BCUT2D eigenvalue weighted by atomic mass is 35.5. The standard InChI is InChI=1S/C25H34ClN3O/c1-4-8-20(3)28-15-13-22(14-16-28)29(18-21-9-6-5-7-10-21)25(30)27-24-12-11-19(2)17-23(24)26/h5-7,9-12,17,20,22H,4,8,13-16,18H2,1-3H3,(H,27,30). The molecule has 1 fully saturated rings. The molecule has 162 valence electrons. The van der Waals surface area contributed by atoms with Gasteiger partial charge in [-0.25, -0.2) is 4.79 Å². The van der Waals surface area contributed by atoms with E-state index in [4.69, 9.17) is 11.6 Å². The molecule has 4 nitrogen and oxygen atoms in total. The van der Waals surface area contributed by atoms with Gasteiger partial charge in [-0.3, -0.25) is 0 Å². The lowest BCUT2D eigenvalue weighted by Gasteiger charge is -2.40. The van der Waals surface area contributed by atoms with Crippen molar-refractivity contribution in [2.45, 2.75) is 65.1 Å². The summed E-state index contributed by atoms with van der Waals surface area (Å²) >= 11 is 6.37. The molecule has 1 heterocycles. The van der Waals surface area contributed by atoms with Gasteiger partial charge in [-0.15, -0.1) is 0 Å². The number of piperidine rings is 1. The molecular weight excluding hydrogens is 394 g/mol. The second-order valence-electron chi connectivity index (χ2n) is 8.43. The number of carbonyl (C=O) groups is 1. The third-order valence-electron chi connectivity index (χ3n) is 6.09. The zero-order valence-corrected chi connectivity index (χ0v) is 19.2. The molecule has 1 aliphatic rings. The van der Waals surface area contributed by atoms with E-state index in [2.05, 4.69) is 36.2 Å². The number of likely N-dealkylation sites (tertiary alicyclic amines) is 1. The van der Waals surface area contributed by atoms with Crippen molar-refractivity contribution in [3.05, 3.63) is 64.7 Å². The fourth-order valence-electron chi connectivity index (χ4n) is 4.29. The van der Waals surface area contributed by atoms with E-state index in [1.54, 1.807) is 0 Å². The normalized spacial score (nSPS) is 16.3. The van der Waals surface area contributed by atoms with Gasteiger partial charge in [-0.05, 0) is 56.4 Å². The van der Waals surface area contributed by atoms with Crippen LogP contribution < -0.4 is 5.32 Å². The molecule has 2 amide bonds. The number of halogens is 1. The molecule has 1 aliphatic heterocycles. The summed E-state index contributed by atoms with van der Waals surface area (Å²) in [7, 11) is 0. The third kappa shape index (κ3) is 5.99. The molecule has 1 saturated heterocycles. The molecule has 0 bridgehead atoms. The van der Waals surface area contributed by atoms with Crippen LogP contribution >= 0.6 is 11.6 Å². The van der Waals surface area contributed by atoms with Gasteiger partial charge in [0, 0.05) is 31.7 Å². The van der Waals surface area contributed by atoms with Gasteiger partial charge in [0.25, 0.3) is 0 Å². The van der Waals surface area contributed by atoms with Crippen LogP contribution in [0.5, 0.6) is 0 Å². The Balaban J connectivity index is 1.73. The Morgan fingerprint density at radius 3 is 2.53 bits per heavy atom. The van der Waals surface area contributed by atoms with Crippen molar-refractivity contribution in [1.29, 1.82) is 0 Å². The number of nitrogens with one attached hydrogen (secondary N) is 1. The van der Waals surface area contributed by atoms with Crippen LogP contribution in [0.2, 0.25) is 5.02 Å². The number of rotatable bonds is 7. The van der Waals surface area contributed by atoms with Gasteiger partial charge in [-0.1, -0.05) is 61.3 Å². The molecule has 1 atom stereocenters. The lowest BCUT2D eigenvalue weighted by atomic mass is 10.00. The summed E-state index contributed by atoms with van der Waals surface area (Å²) in [6.07, 6.45) is 4.43. The van der Waals surface area contributed by atoms with Crippen LogP contribution in [0, 0.1) is 6.92 Å². The van der Waals surface area contributed by atoms with E-state index in [1.165, 1.54) is 12.8 Å². The van der Waals surface area contributed by atoms with Gasteiger partial charge < -0.3 is 15.1 Å². The van der Waals surface area contributed by atoms with Gasteiger partial charge in [0.15, 0.2) is 0 Å². The summed E-state index contributed by atoms with van der Waals surface area (Å²) in [6.45, 7) is 9.23. The minimum Gasteiger partial charge on any atom is -0.317 e. The van der Waals surface area contributed by atoms with E-state index in [-0.39, 0.29) is 12.1 Å². The fourth-order valence-corrected chi connectivity index (χ4v) is 4.58. The van der Waals surface area contributed by atoms with Crippen LogP contribution in [-0.4, -0.2) is 41.0 Å². The molecule has 2 aromatic carbocycles. The predicted octanol–water partition coefficient (Wildman–Crippen LogP) is 6.34. The zero-order valence-electron chi connectivity index (χ0n) is 18.4. The maximum Gasteiger partial charge on any atom is 0.322 e. The van der Waals surface area contributed by atoms with Gasteiger partial charge in [-0.2, -0.15) is 0 Å². The summed E-state index contributed by atoms with van der Waals surface area (Å²) < 4.78 is 0. The second-order valence-corrected chi connectivity index (χ2v) is 8.84. The molecular formula is C25H34ClN3O. The summed E-state index contributed by atoms with van der Waals surface area (Å²) in [6, 6.07) is 16.7. The van der Waals surface area contributed by atoms with Crippen molar-refractivity contribution in [1.82, 2.24) is 9.80 Å². The van der Waals surface area contributed by atoms with Crippen molar-refractivity contribution in [3.63, 3.8) is 0 Å². The monoisotopic (exact) mass is 427 g/mol. The number of aryl methyl sites for hydroxylation is 1. The van der Waals surface area contributed by atoms with E-state index in [0.717, 1.165) is 37.1 Å². The minimum atomic E-state index is -0.0790. The van der Waals surface area contributed by atoms with Crippen LogP contribution in [0.3, 0.4) is 0 Å². The topological polar surface area (TPSA) is 35.6 Å². The third-order valence-corrected chi connectivity index (χ3v) is 6.41. The summed E-state index contributed by atoms with van der Waals surface area (Å²) in [5, 5.41) is 3.63.